The summed E-state index contributed by atoms with van der Waals surface area (Å²) >= 11 is 0. The normalized spacial score (nSPS) is 14.6. The van der Waals surface area contributed by atoms with E-state index in [0.717, 1.165) is 25.9 Å². The van der Waals surface area contributed by atoms with Gasteiger partial charge < -0.3 is 14.7 Å². The Hall–Kier alpha value is -2.04. The lowest BCUT2D eigenvalue weighted by molar-refractivity contribution is -0.139. The van der Waals surface area contributed by atoms with E-state index in [2.05, 4.69) is 0 Å². The first kappa shape index (κ1) is 12.4. The Morgan fingerprint density at radius 1 is 1.28 bits per heavy atom. The Morgan fingerprint density at radius 2 is 2.00 bits per heavy atom. The maximum absolute atomic E-state index is 12.1. The minimum Gasteiger partial charge on any atom is -0.482 e. The smallest absolute Gasteiger partial charge is 0.341 e. The number of carboxylic acid groups (broad SMARTS) is 1. The molecule has 0 atom stereocenters. The van der Waals surface area contributed by atoms with Gasteiger partial charge in [0.05, 0.1) is 0 Å². The number of likely N-dealkylation sites (tertiary alicyclic amines) is 1. The van der Waals surface area contributed by atoms with Gasteiger partial charge in [0.25, 0.3) is 5.91 Å². The molecule has 96 valence electrons. The van der Waals surface area contributed by atoms with Crippen LogP contribution in [0.3, 0.4) is 0 Å². The highest BCUT2D eigenvalue weighted by molar-refractivity contribution is 5.94. The van der Waals surface area contributed by atoms with Crippen molar-refractivity contribution in [1.29, 1.82) is 0 Å². The van der Waals surface area contributed by atoms with Gasteiger partial charge in [-0.1, -0.05) is 6.07 Å². The molecule has 0 aromatic heterocycles. The van der Waals surface area contributed by atoms with E-state index in [9.17, 15) is 9.59 Å². The van der Waals surface area contributed by atoms with Gasteiger partial charge in [-0.25, -0.2) is 4.79 Å². The summed E-state index contributed by atoms with van der Waals surface area (Å²) in [7, 11) is 0. The molecule has 1 aliphatic heterocycles. The zero-order valence-corrected chi connectivity index (χ0v) is 9.96. The molecule has 18 heavy (non-hydrogen) atoms. The lowest BCUT2D eigenvalue weighted by Crippen LogP contribution is -2.27. The van der Waals surface area contributed by atoms with Gasteiger partial charge in [-0.3, -0.25) is 4.79 Å². The molecule has 1 aromatic carbocycles. The largest absolute Gasteiger partial charge is 0.482 e. The van der Waals surface area contributed by atoms with Gasteiger partial charge in [0.2, 0.25) is 0 Å². The number of hydrogen-bond donors (Lipinski definition) is 1. The fourth-order valence-electron chi connectivity index (χ4n) is 1.97. The van der Waals surface area contributed by atoms with E-state index in [-0.39, 0.29) is 5.91 Å². The van der Waals surface area contributed by atoms with Crippen molar-refractivity contribution >= 4 is 11.9 Å². The first-order valence-electron chi connectivity index (χ1n) is 5.91. The van der Waals surface area contributed by atoms with Crippen LogP contribution in [-0.2, 0) is 4.79 Å². The second-order valence-corrected chi connectivity index (χ2v) is 4.21. The monoisotopic (exact) mass is 249 g/mol. The number of benzene rings is 1. The Bertz CT molecular complexity index is 452. The quantitative estimate of drug-likeness (QED) is 0.875. The van der Waals surface area contributed by atoms with Crippen molar-refractivity contribution in [2.75, 3.05) is 19.7 Å². The standard InChI is InChI=1S/C13H15NO4/c15-12(16)9-18-11-5-3-4-10(8-11)13(17)14-6-1-2-7-14/h3-5,8H,1-2,6-7,9H2,(H,15,16). The predicted molar refractivity (Wildman–Crippen MR) is 64.7 cm³/mol. The average molecular weight is 249 g/mol. The lowest BCUT2D eigenvalue weighted by Gasteiger charge is -2.15. The highest BCUT2D eigenvalue weighted by atomic mass is 16.5. The summed E-state index contributed by atoms with van der Waals surface area (Å²) in [5.74, 6) is -0.651. The molecule has 0 unspecified atom stereocenters. The van der Waals surface area contributed by atoms with E-state index in [4.69, 9.17) is 9.84 Å². The zero-order chi connectivity index (χ0) is 13.0. The van der Waals surface area contributed by atoms with E-state index in [1.165, 1.54) is 0 Å². The molecule has 0 aliphatic carbocycles. The van der Waals surface area contributed by atoms with Crippen LogP contribution in [-0.4, -0.2) is 41.6 Å². The Kier molecular flexibility index (Phi) is 3.82. The van der Waals surface area contributed by atoms with Crippen molar-refractivity contribution in [2.24, 2.45) is 0 Å². The van der Waals surface area contributed by atoms with Crippen molar-refractivity contribution in [3.05, 3.63) is 29.8 Å². The molecule has 1 amide bonds. The molecule has 0 spiro atoms. The number of nitrogens with zero attached hydrogens (tertiary/aromatic N) is 1. The fourth-order valence-corrected chi connectivity index (χ4v) is 1.97. The molecule has 1 aromatic rings. The van der Waals surface area contributed by atoms with Crippen LogP contribution in [0.2, 0.25) is 0 Å². The molecule has 0 saturated carbocycles. The number of carboxylic acids is 1. The second-order valence-electron chi connectivity index (χ2n) is 4.21. The molecular formula is C13H15NO4. The minimum absolute atomic E-state index is 0.0201. The van der Waals surface area contributed by atoms with Crippen LogP contribution in [0.1, 0.15) is 23.2 Å². The van der Waals surface area contributed by atoms with Crippen LogP contribution < -0.4 is 4.74 Å². The van der Waals surface area contributed by atoms with Crippen molar-refractivity contribution in [3.63, 3.8) is 0 Å². The summed E-state index contributed by atoms with van der Waals surface area (Å²) in [5.41, 5.74) is 0.541. The molecule has 1 N–H and O–H groups in total. The van der Waals surface area contributed by atoms with Crippen LogP contribution in [0, 0.1) is 0 Å². The number of amides is 1. The minimum atomic E-state index is -1.04. The van der Waals surface area contributed by atoms with Crippen LogP contribution in [0.4, 0.5) is 0 Å². The molecular weight excluding hydrogens is 234 g/mol. The third-order valence-electron chi connectivity index (χ3n) is 2.84. The molecule has 0 radical (unpaired) electrons. The SMILES string of the molecule is O=C(O)COc1cccc(C(=O)N2CCCC2)c1. The predicted octanol–water partition coefficient (Wildman–Crippen LogP) is 1.39. The summed E-state index contributed by atoms with van der Waals surface area (Å²) in [6, 6.07) is 6.64. The van der Waals surface area contributed by atoms with Crippen molar-refractivity contribution in [3.8, 4) is 5.75 Å². The number of aliphatic carboxylic acids is 1. The Morgan fingerprint density at radius 3 is 2.67 bits per heavy atom. The highest BCUT2D eigenvalue weighted by Gasteiger charge is 2.19. The first-order valence-corrected chi connectivity index (χ1v) is 5.91. The third kappa shape index (κ3) is 3.00. The maximum atomic E-state index is 12.1. The van der Waals surface area contributed by atoms with Crippen LogP contribution in [0.5, 0.6) is 5.75 Å². The average Bonchev–Trinajstić information content (AvgIpc) is 2.89. The number of carbonyl (C=O) groups is 2. The van der Waals surface area contributed by atoms with Crippen LogP contribution >= 0.6 is 0 Å². The zero-order valence-electron chi connectivity index (χ0n) is 9.96. The van der Waals surface area contributed by atoms with Gasteiger partial charge in [-0.05, 0) is 31.0 Å². The Balaban J connectivity index is 2.06. The van der Waals surface area contributed by atoms with Gasteiger partial charge in [-0.15, -0.1) is 0 Å². The molecule has 0 bridgehead atoms. The number of ether oxygens (including phenoxy) is 1. The number of carbonyl (C=O) groups excluding carboxylic acids is 1. The summed E-state index contributed by atoms with van der Waals surface area (Å²) in [4.78, 5) is 24.3. The number of hydrogen-bond acceptors (Lipinski definition) is 3. The van der Waals surface area contributed by atoms with Gasteiger partial charge in [-0.2, -0.15) is 0 Å². The topological polar surface area (TPSA) is 66.8 Å². The second kappa shape index (κ2) is 5.53. The number of rotatable bonds is 4. The van der Waals surface area contributed by atoms with Crippen molar-refractivity contribution in [2.45, 2.75) is 12.8 Å². The van der Waals surface area contributed by atoms with Gasteiger partial charge in [0, 0.05) is 18.7 Å². The van der Waals surface area contributed by atoms with Gasteiger partial charge >= 0.3 is 5.97 Å². The van der Waals surface area contributed by atoms with E-state index in [1.807, 2.05) is 0 Å². The molecule has 5 heteroatoms. The van der Waals surface area contributed by atoms with Crippen molar-refractivity contribution in [1.82, 2.24) is 4.90 Å². The van der Waals surface area contributed by atoms with E-state index in [0.29, 0.717) is 11.3 Å². The van der Waals surface area contributed by atoms with E-state index < -0.39 is 12.6 Å². The fraction of sp³-hybridized carbons (Fsp3) is 0.385. The van der Waals surface area contributed by atoms with E-state index in [1.54, 1.807) is 29.2 Å². The molecule has 1 saturated heterocycles. The van der Waals surface area contributed by atoms with Gasteiger partial charge in [0.15, 0.2) is 6.61 Å². The molecule has 1 fully saturated rings. The summed E-state index contributed by atoms with van der Waals surface area (Å²) in [6.45, 7) is 1.18. The first-order chi connectivity index (χ1) is 8.66. The molecule has 2 rings (SSSR count). The molecule has 1 heterocycles. The van der Waals surface area contributed by atoms with E-state index >= 15 is 0 Å². The Labute approximate surface area is 105 Å². The van der Waals surface area contributed by atoms with Crippen LogP contribution in [0.15, 0.2) is 24.3 Å². The summed E-state index contributed by atoms with van der Waals surface area (Å²) < 4.78 is 5.05. The molecule has 1 aliphatic rings. The van der Waals surface area contributed by atoms with Crippen LogP contribution in [0.25, 0.3) is 0 Å². The maximum Gasteiger partial charge on any atom is 0.341 e. The highest BCUT2D eigenvalue weighted by Crippen LogP contribution is 2.17. The third-order valence-corrected chi connectivity index (χ3v) is 2.84. The molecule has 5 nitrogen and oxygen atoms in total. The lowest BCUT2D eigenvalue weighted by atomic mass is 10.2. The van der Waals surface area contributed by atoms with Crippen molar-refractivity contribution < 1.29 is 19.4 Å². The van der Waals surface area contributed by atoms with Gasteiger partial charge in [0.1, 0.15) is 5.75 Å². The summed E-state index contributed by atoms with van der Waals surface area (Å²) in [6.07, 6.45) is 2.09. The summed E-state index contributed by atoms with van der Waals surface area (Å²) in [5, 5.41) is 8.53.